The monoisotopic (exact) mass is 432 g/mol. The number of aliphatic carboxylic acids is 1. The van der Waals surface area contributed by atoms with Gasteiger partial charge in [-0.05, 0) is 50.1 Å². The molecule has 0 aliphatic heterocycles. The Bertz CT molecular complexity index is 1030. The summed E-state index contributed by atoms with van der Waals surface area (Å²) in [5, 5.41) is 15.2. The number of aryl methyl sites for hydroxylation is 1. The minimum atomic E-state index is -0.982. The SMILES string of the molecule is CCC(OCc1nn(-c2ccc(C)cc2Cl)c(-c2ccc(Cl)cc2)c1C)C(=O)O. The molecule has 0 saturated carbocycles. The number of benzene rings is 2. The van der Waals surface area contributed by atoms with Gasteiger partial charge in [-0.1, -0.05) is 48.3 Å². The number of ether oxygens (including phenoxy) is 1. The first-order valence-electron chi connectivity index (χ1n) is 9.27. The first-order chi connectivity index (χ1) is 13.8. The summed E-state index contributed by atoms with van der Waals surface area (Å²) in [6.45, 7) is 5.78. The Labute approximate surface area is 179 Å². The van der Waals surface area contributed by atoms with E-state index < -0.39 is 12.1 Å². The van der Waals surface area contributed by atoms with Gasteiger partial charge in [-0.3, -0.25) is 0 Å². The Kier molecular flexibility index (Phi) is 6.63. The summed E-state index contributed by atoms with van der Waals surface area (Å²) in [5.74, 6) is -0.982. The highest BCUT2D eigenvalue weighted by Crippen LogP contribution is 2.32. The fraction of sp³-hybridized carbons (Fsp3) is 0.273. The predicted octanol–water partition coefficient (Wildman–Crippen LogP) is 5.84. The lowest BCUT2D eigenvalue weighted by molar-refractivity contribution is -0.151. The van der Waals surface area contributed by atoms with Crippen molar-refractivity contribution in [3.05, 3.63) is 69.3 Å². The largest absolute Gasteiger partial charge is 0.479 e. The molecular weight excluding hydrogens is 411 g/mol. The van der Waals surface area contributed by atoms with Crippen LogP contribution < -0.4 is 0 Å². The standard InChI is InChI=1S/C22H22Cl2N2O3/c1-4-20(22(27)28)29-12-18-14(3)21(15-6-8-16(23)9-7-15)26(25-18)19-10-5-13(2)11-17(19)24/h5-11,20H,4,12H2,1-3H3,(H,27,28). The molecule has 3 aromatic rings. The molecule has 0 radical (unpaired) electrons. The average Bonchev–Trinajstić information content (AvgIpc) is 2.99. The Balaban J connectivity index is 2.10. The summed E-state index contributed by atoms with van der Waals surface area (Å²) in [4.78, 5) is 11.3. The van der Waals surface area contributed by atoms with Gasteiger partial charge in [-0.15, -0.1) is 0 Å². The molecule has 0 spiro atoms. The molecule has 0 amide bonds. The zero-order valence-electron chi connectivity index (χ0n) is 16.4. The molecule has 0 aliphatic rings. The lowest BCUT2D eigenvalue weighted by Crippen LogP contribution is -2.22. The molecule has 2 aromatic carbocycles. The van der Waals surface area contributed by atoms with Gasteiger partial charge in [0.2, 0.25) is 0 Å². The Hall–Kier alpha value is -2.34. The van der Waals surface area contributed by atoms with E-state index >= 15 is 0 Å². The summed E-state index contributed by atoms with van der Waals surface area (Å²) < 4.78 is 7.38. The van der Waals surface area contributed by atoms with Crippen molar-refractivity contribution in [2.24, 2.45) is 0 Å². The average molecular weight is 433 g/mol. The molecule has 1 atom stereocenters. The van der Waals surface area contributed by atoms with E-state index in [9.17, 15) is 9.90 Å². The number of rotatable bonds is 7. The molecule has 0 bridgehead atoms. The van der Waals surface area contributed by atoms with Crippen molar-refractivity contribution in [2.45, 2.75) is 39.9 Å². The van der Waals surface area contributed by atoms with Crippen LogP contribution in [0.3, 0.4) is 0 Å². The summed E-state index contributed by atoms with van der Waals surface area (Å²) >= 11 is 12.6. The molecule has 3 rings (SSSR count). The van der Waals surface area contributed by atoms with Crippen LogP contribution in [0.2, 0.25) is 10.0 Å². The first-order valence-corrected chi connectivity index (χ1v) is 10.0. The fourth-order valence-corrected chi connectivity index (χ4v) is 3.57. The van der Waals surface area contributed by atoms with Crippen LogP contribution in [0, 0.1) is 13.8 Å². The van der Waals surface area contributed by atoms with Gasteiger partial charge in [0, 0.05) is 16.1 Å². The van der Waals surface area contributed by atoms with Gasteiger partial charge in [-0.25, -0.2) is 9.48 Å². The van der Waals surface area contributed by atoms with Crippen LogP contribution in [0.5, 0.6) is 0 Å². The van der Waals surface area contributed by atoms with E-state index in [0.717, 1.165) is 28.1 Å². The van der Waals surface area contributed by atoms with Crippen LogP contribution in [-0.4, -0.2) is 27.0 Å². The van der Waals surface area contributed by atoms with Crippen LogP contribution >= 0.6 is 23.2 Å². The second kappa shape index (κ2) is 8.99. The molecule has 0 aliphatic carbocycles. The molecule has 1 aromatic heterocycles. The first kappa shape index (κ1) is 21.4. The summed E-state index contributed by atoms with van der Waals surface area (Å²) in [7, 11) is 0. The van der Waals surface area contributed by atoms with Crippen molar-refractivity contribution in [3.63, 3.8) is 0 Å². The topological polar surface area (TPSA) is 64.4 Å². The quantitative estimate of drug-likeness (QED) is 0.508. The molecule has 29 heavy (non-hydrogen) atoms. The van der Waals surface area contributed by atoms with Gasteiger partial charge >= 0.3 is 5.97 Å². The molecular formula is C22H22Cl2N2O3. The number of hydrogen-bond acceptors (Lipinski definition) is 3. The number of halogens is 2. The van der Waals surface area contributed by atoms with E-state index in [2.05, 4.69) is 0 Å². The third-order valence-electron chi connectivity index (χ3n) is 4.74. The molecule has 1 N–H and O–H groups in total. The van der Waals surface area contributed by atoms with Crippen LogP contribution in [0.15, 0.2) is 42.5 Å². The third kappa shape index (κ3) is 4.64. The number of carboxylic acids is 1. The molecule has 5 nitrogen and oxygen atoms in total. The lowest BCUT2D eigenvalue weighted by Gasteiger charge is -2.11. The zero-order valence-corrected chi connectivity index (χ0v) is 18.0. The maximum Gasteiger partial charge on any atom is 0.332 e. The minimum Gasteiger partial charge on any atom is -0.479 e. The van der Waals surface area contributed by atoms with Gasteiger partial charge in [0.1, 0.15) is 0 Å². The molecule has 7 heteroatoms. The van der Waals surface area contributed by atoms with Crippen molar-refractivity contribution in [1.82, 2.24) is 9.78 Å². The molecule has 1 heterocycles. The van der Waals surface area contributed by atoms with Gasteiger partial charge in [0.25, 0.3) is 0 Å². The van der Waals surface area contributed by atoms with Gasteiger partial charge in [-0.2, -0.15) is 5.10 Å². The lowest BCUT2D eigenvalue weighted by atomic mass is 10.1. The van der Waals surface area contributed by atoms with Crippen LogP contribution in [0.4, 0.5) is 0 Å². The fourth-order valence-electron chi connectivity index (χ4n) is 3.13. The van der Waals surface area contributed by atoms with Crippen molar-refractivity contribution in [3.8, 4) is 16.9 Å². The number of nitrogens with zero attached hydrogens (tertiary/aromatic N) is 2. The van der Waals surface area contributed by atoms with E-state index in [1.165, 1.54) is 0 Å². The number of aromatic nitrogens is 2. The second-order valence-corrected chi connectivity index (χ2v) is 7.68. The van der Waals surface area contributed by atoms with Crippen LogP contribution in [-0.2, 0) is 16.1 Å². The van der Waals surface area contributed by atoms with Crippen molar-refractivity contribution < 1.29 is 14.6 Å². The van der Waals surface area contributed by atoms with E-state index in [0.29, 0.717) is 22.2 Å². The van der Waals surface area contributed by atoms with Crippen molar-refractivity contribution >= 4 is 29.2 Å². The second-order valence-electron chi connectivity index (χ2n) is 6.84. The van der Waals surface area contributed by atoms with E-state index in [4.69, 9.17) is 33.0 Å². The van der Waals surface area contributed by atoms with Crippen molar-refractivity contribution in [2.75, 3.05) is 0 Å². The number of carboxylic acid groups (broad SMARTS) is 1. The summed E-state index contributed by atoms with van der Waals surface area (Å²) in [6, 6.07) is 13.2. The molecule has 0 fully saturated rings. The highest BCUT2D eigenvalue weighted by molar-refractivity contribution is 6.32. The number of hydrogen-bond donors (Lipinski definition) is 1. The predicted molar refractivity (Wildman–Crippen MR) is 115 cm³/mol. The maximum absolute atomic E-state index is 11.3. The third-order valence-corrected chi connectivity index (χ3v) is 5.29. The van der Waals surface area contributed by atoms with E-state index in [1.54, 1.807) is 11.6 Å². The highest BCUT2D eigenvalue weighted by atomic mass is 35.5. The zero-order chi connectivity index (χ0) is 21.1. The Morgan fingerprint density at radius 2 is 1.86 bits per heavy atom. The van der Waals surface area contributed by atoms with E-state index in [1.807, 2.05) is 56.3 Å². The number of carbonyl (C=O) groups is 1. The summed E-state index contributed by atoms with van der Waals surface area (Å²) in [5.41, 5.74) is 5.12. The Morgan fingerprint density at radius 1 is 1.17 bits per heavy atom. The van der Waals surface area contributed by atoms with Gasteiger partial charge in [0.05, 0.1) is 28.7 Å². The molecule has 0 saturated heterocycles. The molecule has 152 valence electrons. The van der Waals surface area contributed by atoms with E-state index in [-0.39, 0.29) is 6.61 Å². The Morgan fingerprint density at radius 3 is 2.45 bits per heavy atom. The normalized spacial score (nSPS) is 12.2. The van der Waals surface area contributed by atoms with Crippen LogP contribution in [0.1, 0.15) is 30.2 Å². The van der Waals surface area contributed by atoms with Gasteiger partial charge in [0.15, 0.2) is 6.10 Å². The highest BCUT2D eigenvalue weighted by Gasteiger charge is 2.21. The van der Waals surface area contributed by atoms with Crippen LogP contribution in [0.25, 0.3) is 16.9 Å². The molecule has 1 unspecified atom stereocenters. The maximum atomic E-state index is 11.3. The van der Waals surface area contributed by atoms with Gasteiger partial charge < -0.3 is 9.84 Å². The van der Waals surface area contributed by atoms with Crippen molar-refractivity contribution in [1.29, 1.82) is 0 Å². The smallest absolute Gasteiger partial charge is 0.332 e. The summed E-state index contributed by atoms with van der Waals surface area (Å²) in [6.07, 6.45) is -0.496. The minimum absolute atomic E-state index is 0.0910.